The number of aromatic nitrogens is 1. The fourth-order valence-electron chi connectivity index (χ4n) is 1.84. The van der Waals surface area contributed by atoms with Crippen molar-refractivity contribution in [1.82, 2.24) is 15.7 Å². The lowest BCUT2D eigenvalue weighted by atomic mass is 10.3. The van der Waals surface area contributed by atoms with Crippen molar-refractivity contribution in [2.24, 2.45) is 5.10 Å². The maximum absolute atomic E-state index is 11.9. The minimum atomic E-state index is -0.518. The lowest BCUT2D eigenvalue weighted by molar-refractivity contribution is -0.120. The number of carbonyl (C=O) groups is 2. The van der Waals surface area contributed by atoms with E-state index in [4.69, 9.17) is 4.74 Å². The van der Waals surface area contributed by atoms with Crippen molar-refractivity contribution in [3.8, 4) is 5.75 Å². The van der Waals surface area contributed by atoms with Crippen LogP contribution in [0.4, 0.5) is 10.5 Å². The Bertz CT molecular complexity index is 734. The first-order valence-electron chi connectivity index (χ1n) is 7.68. The number of hydrogen-bond donors (Lipinski definition) is 3. The zero-order valence-electron chi connectivity index (χ0n) is 13.7. The second kappa shape index (κ2) is 9.66. The molecule has 8 heteroatoms. The van der Waals surface area contributed by atoms with Gasteiger partial charge in [0.2, 0.25) is 0 Å². The first-order chi connectivity index (χ1) is 12.2. The average Bonchev–Trinajstić information content (AvgIpc) is 2.63. The van der Waals surface area contributed by atoms with E-state index in [9.17, 15) is 9.59 Å². The van der Waals surface area contributed by atoms with Crippen LogP contribution in [0.5, 0.6) is 5.75 Å². The minimum absolute atomic E-state index is 0.220. The molecule has 3 N–H and O–H groups in total. The number of anilines is 1. The van der Waals surface area contributed by atoms with Gasteiger partial charge in [-0.2, -0.15) is 5.10 Å². The topological polar surface area (TPSA) is 105 Å². The zero-order valence-corrected chi connectivity index (χ0v) is 13.7. The maximum Gasteiger partial charge on any atom is 0.319 e. The molecule has 130 valence electrons. The summed E-state index contributed by atoms with van der Waals surface area (Å²) in [5.74, 6) is 0.102. The van der Waals surface area contributed by atoms with Gasteiger partial charge in [0.05, 0.1) is 24.2 Å². The van der Waals surface area contributed by atoms with Crippen LogP contribution in [-0.2, 0) is 4.79 Å². The van der Waals surface area contributed by atoms with Crippen molar-refractivity contribution in [2.75, 3.05) is 18.5 Å². The number of para-hydroxylation sites is 2. The predicted molar refractivity (Wildman–Crippen MR) is 94.6 cm³/mol. The number of hydrazone groups is 1. The second-order valence-corrected chi connectivity index (χ2v) is 4.78. The van der Waals surface area contributed by atoms with Gasteiger partial charge in [-0.05, 0) is 31.2 Å². The van der Waals surface area contributed by atoms with Crippen molar-refractivity contribution in [2.45, 2.75) is 6.92 Å². The summed E-state index contributed by atoms with van der Waals surface area (Å²) in [4.78, 5) is 27.5. The molecule has 0 bridgehead atoms. The fourth-order valence-corrected chi connectivity index (χ4v) is 1.84. The molecule has 0 saturated carbocycles. The van der Waals surface area contributed by atoms with E-state index in [1.165, 1.54) is 6.21 Å². The molecule has 2 rings (SSSR count). The Balaban J connectivity index is 1.76. The summed E-state index contributed by atoms with van der Waals surface area (Å²) in [6.45, 7) is 2.12. The lowest BCUT2D eigenvalue weighted by Crippen LogP contribution is -2.37. The Hall–Kier alpha value is -3.42. The Morgan fingerprint density at radius 2 is 2.00 bits per heavy atom. The number of hydrogen-bond acceptors (Lipinski definition) is 5. The molecule has 2 aromatic rings. The van der Waals surface area contributed by atoms with Crippen molar-refractivity contribution in [3.63, 3.8) is 0 Å². The number of urea groups is 1. The molecule has 8 nitrogen and oxygen atoms in total. The maximum atomic E-state index is 11.9. The summed E-state index contributed by atoms with van der Waals surface area (Å²) in [6.07, 6.45) is 3.03. The first-order valence-corrected chi connectivity index (χ1v) is 7.68. The van der Waals surface area contributed by atoms with Gasteiger partial charge in [-0.3, -0.25) is 9.78 Å². The van der Waals surface area contributed by atoms with Crippen molar-refractivity contribution in [1.29, 1.82) is 0 Å². The van der Waals surface area contributed by atoms with Gasteiger partial charge in [0, 0.05) is 6.20 Å². The number of rotatable bonds is 7. The van der Waals surface area contributed by atoms with Gasteiger partial charge in [0.25, 0.3) is 5.91 Å². The van der Waals surface area contributed by atoms with Crippen LogP contribution in [0.25, 0.3) is 0 Å². The summed E-state index contributed by atoms with van der Waals surface area (Å²) in [7, 11) is 0. The van der Waals surface area contributed by atoms with E-state index in [1.54, 1.807) is 42.6 Å². The number of nitrogens with one attached hydrogen (secondary N) is 3. The highest BCUT2D eigenvalue weighted by Crippen LogP contribution is 2.23. The van der Waals surface area contributed by atoms with E-state index in [0.717, 1.165) is 0 Å². The van der Waals surface area contributed by atoms with Crippen LogP contribution < -0.4 is 20.8 Å². The van der Waals surface area contributed by atoms with E-state index in [0.29, 0.717) is 23.7 Å². The van der Waals surface area contributed by atoms with Gasteiger partial charge >= 0.3 is 6.03 Å². The first kappa shape index (κ1) is 17.9. The third-order valence-corrected chi connectivity index (χ3v) is 2.92. The average molecular weight is 341 g/mol. The third-order valence-electron chi connectivity index (χ3n) is 2.92. The van der Waals surface area contributed by atoms with Crippen molar-refractivity contribution >= 4 is 23.8 Å². The van der Waals surface area contributed by atoms with Crippen molar-refractivity contribution in [3.05, 3.63) is 54.4 Å². The molecular weight excluding hydrogens is 322 g/mol. The van der Waals surface area contributed by atoms with Gasteiger partial charge in [-0.15, -0.1) is 0 Å². The van der Waals surface area contributed by atoms with E-state index >= 15 is 0 Å². The lowest BCUT2D eigenvalue weighted by Gasteiger charge is -2.11. The molecule has 0 aliphatic carbocycles. The van der Waals surface area contributed by atoms with Crippen LogP contribution in [0.2, 0.25) is 0 Å². The van der Waals surface area contributed by atoms with Gasteiger partial charge in [0.15, 0.2) is 0 Å². The summed E-state index contributed by atoms with van der Waals surface area (Å²) in [6, 6.07) is 11.9. The van der Waals surface area contributed by atoms with E-state index in [2.05, 4.69) is 26.1 Å². The molecule has 0 fully saturated rings. The summed E-state index contributed by atoms with van der Waals surface area (Å²) < 4.78 is 5.41. The van der Waals surface area contributed by atoms with Crippen LogP contribution in [0.1, 0.15) is 12.6 Å². The Morgan fingerprint density at radius 1 is 1.20 bits per heavy atom. The summed E-state index contributed by atoms with van der Waals surface area (Å²) >= 11 is 0. The van der Waals surface area contributed by atoms with Gasteiger partial charge in [-0.25, -0.2) is 10.2 Å². The van der Waals surface area contributed by atoms with Gasteiger partial charge < -0.3 is 15.4 Å². The van der Waals surface area contributed by atoms with Crippen LogP contribution >= 0.6 is 0 Å². The fraction of sp³-hybridized carbons (Fsp3) is 0.176. The Labute approximate surface area is 145 Å². The number of ether oxygens (including phenoxy) is 1. The molecule has 1 aromatic heterocycles. The van der Waals surface area contributed by atoms with E-state index in [1.807, 2.05) is 13.0 Å². The summed E-state index contributed by atoms with van der Waals surface area (Å²) in [5.41, 5.74) is 3.44. The molecule has 25 heavy (non-hydrogen) atoms. The molecule has 0 aliphatic rings. The SMILES string of the molecule is CCOc1ccccc1NC(=O)NCC(=O)N/N=C\c1ccccn1. The minimum Gasteiger partial charge on any atom is -0.492 e. The highest BCUT2D eigenvalue weighted by molar-refractivity contribution is 5.93. The second-order valence-electron chi connectivity index (χ2n) is 4.78. The molecule has 0 atom stereocenters. The standard InChI is InChI=1S/C17H19N5O3/c1-2-25-15-9-4-3-8-14(15)21-17(24)19-12-16(23)22-20-11-13-7-5-6-10-18-13/h3-11H,2,12H2,1H3,(H,22,23)(H2,19,21,24)/b20-11-. The Kier molecular flexibility index (Phi) is 6.93. The normalized spacial score (nSPS) is 10.3. The molecule has 0 unspecified atom stereocenters. The highest BCUT2D eigenvalue weighted by atomic mass is 16.5. The van der Waals surface area contributed by atoms with Gasteiger partial charge in [0.1, 0.15) is 12.3 Å². The molecule has 0 radical (unpaired) electrons. The van der Waals surface area contributed by atoms with Crippen LogP contribution in [0.3, 0.4) is 0 Å². The van der Waals surface area contributed by atoms with E-state index < -0.39 is 11.9 Å². The van der Waals surface area contributed by atoms with E-state index in [-0.39, 0.29) is 6.54 Å². The number of amides is 3. The van der Waals surface area contributed by atoms with Crippen LogP contribution in [0, 0.1) is 0 Å². The molecule has 1 heterocycles. The van der Waals surface area contributed by atoms with Crippen LogP contribution in [0.15, 0.2) is 53.8 Å². The van der Waals surface area contributed by atoms with Gasteiger partial charge in [-0.1, -0.05) is 18.2 Å². The Morgan fingerprint density at radius 3 is 2.76 bits per heavy atom. The summed E-state index contributed by atoms with van der Waals surface area (Å²) in [5, 5.41) is 8.83. The molecule has 3 amide bonds. The number of pyridine rings is 1. The predicted octanol–water partition coefficient (Wildman–Crippen LogP) is 1.75. The molecule has 0 aliphatic heterocycles. The molecule has 0 saturated heterocycles. The highest BCUT2D eigenvalue weighted by Gasteiger charge is 2.08. The number of nitrogens with zero attached hydrogens (tertiary/aromatic N) is 2. The number of carbonyl (C=O) groups excluding carboxylic acids is 2. The zero-order chi connectivity index (χ0) is 17.9. The van der Waals surface area contributed by atoms with Crippen molar-refractivity contribution < 1.29 is 14.3 Å². The smallest absolute Gasteiger partial charge is 0.319 e. The van der Waals surface area contributed by atoms with Crippen LogP contribution in [-0.4, -0.2) is 36.3 Å². The third kappa shape index (κ3) is 6.30. The molecular formula is C17H19N5O3. The molecule has 1 aromatic carbocycles. The molecule has 0 spiro atoms. The monoisotopic (exact) mass is 341 g/mol. The quantitative estimate of drug-likeness (QED) is 0.527. The number of benzene rings is 1. The largest absolute Gasteiger partial charge is 0.492 e.